The number of carbonyl (C=O) groups excluding carboxylic acids is 1. The first kappa shape index (κ1) is 37.9. The predicted molar refractivity (Wildman–Crippen MR) is 220 cm³/mol. The fourth-order valence-electron chi connectivity index (χ4n) is 9.44. The van der Waals surface area contributed by atoms with Gasteiger partial charge in [0.25, 0.3) is 0 Å². The highest BCUT2D eigenvalue weighted by atomic mass is 16.7. The summed E-state index contributed by atoms with van der Waals surface area (Å²) in [6.07, 6.45) is 3.90. The van der Waals surface area contributed by atoms with Crippen LogP contribution in [0, 0.1) is 10.8 Å². The summed E-state index contributed by atoms with van der Waals surface area (Å²) in [4.78, 5) is 15.6. The zero-order valence-corrected chi connectivity index (χ0v) is 32.6. The molecule has 0 spiro atoms. The first-order valence-corrected chi connectivity index (χ1v) is 19.9. The van der Waals surface area contributed by atoms with Crippen molar-refractivity contribution in [2.45, 2.75) is 84.1 Å². The van der Waals surface area contributed by atoms with E-state index in [9.17, 15) is 9.90 Å². The molecule has 5 aromatic rings. The summed E-state index contributed by atoms with van der Waals surface area (Å²) in [6.45, 7) is 9.70. The SMILES string of the molecule is CC1(C)CC2CC(C)(CN2C[C@@H]2C[C@H](c3ccc(CO)cc3)O[C@H](c3ccc(-c4ccccc4CNC(=O)Nc4ccc(Oc5ccccc5)cc4)cc3)O2)C1. The standard InChI is InChI=1S/C48H53N3O5/c1-47(2)26-39-27-48(3,31-47)32-51(39)29-42-25-44(35-15-13-33(30-52)14-16-35)56-45(55-42)36-19-17-34(18-20-36)43-12-8-7-9-37(43)28-49-46(53)50-38-21-23-41(24-22-38)54-40-10-5-4-6-11-40/h4-24,39,42,44-45,52H,25-32H2,1-3H3,(H2,49,50,53)/t39?,42-,44+,45+,48?/m0/s1. The molecule has 0 radical (unpaired) electrons. The van der Waals surface area contributed by atoms with Gasteiger partial charge in [0.15, 0.2) is 6.29 Å². The number of ether oxygens (including phenoxy) is 3. The molecule has 2 bridgehead atoms. The molecule has 2 heterocycles. The van der Waals surface area contributed by atoms with Crippen LogP contribution in [-0.4, -0.2) is 41.3 Å². The fourth-order valence-corrected chi connectivity index (χ4v) is 9.44. The van der Waals surface area contributed by atoms with E-state index in [4.69, 9.17) is 14.2 Å². The Labute approximate surface area is 330 Å². The largest absolute Gasteiger partial charge is 0.457 e. The Bertz CT molecular complexity index is 2090. The molecular formula is C48H53N3O5. The van der Waals surface area contributed by atoms with Crippen LogP contribution >= 0.6 is 0 Å². The minimum Gasteiger partial charge on any atom is -0.457 e. The maximum Gasteiger partial charge on any atom is 0.319 e. The summed E-state index contributed by atoms with van der Waals surface area (Å²) in [5.74, 6) is 1.45. The number of hydrogen-bond acceptors (Lipinski definition) is 6. The van der Waals surface area contributed by atoms with Crippen molar-refractivity contribution >= 4 is 11.7 Å². The van der Waals surface area contributed by atoms with Gasteiger partial charge < -0.3 is 30.0 Å². The van der Waals surface area contributed by atoms with E-state index in [-0.39, 0.29) is 24.8 Å². The summed E-state index contributed by atoms with van der Waals surface area (Å²) in [5, 5.41) is 15.6. The number of fused-ring (bicyclic) bond motifs is 2. The zero-order chi connectivity index (χ0) is 38.7. The third kappa shape index (κ3) is 9.00. The molecule has 8 nitrogen and oxygen atoms in total. The molecule has 1 saturated carbocycles. The van der Waals surface area contributed by atoms with Crippen LogP contribution < -0.4 is 15.4 Å². The number of anilines is 1. The van der Waals surface area contributed by atoms with E-state index in [1.165, 1.54) is 19.3 Å². The van der Waals surface area contributed by atoms with Gasteiger partial charge in [0.1, 0.15) is 11.5 Å². The highest BCUT2D eigenvalue weighted by Crippen LogP contribution is 2.53. The van der Waals surface area contributed by atoms with Gasteiger partial charge in [-0.15, -0.1) is 0 Å². The molecule has 0 aromatic heterocycles. The van der Waals surface area contributed by atoms with Crippen molar-refractivity contribution in [2.24, 2.45) is 10.8 Å². The fraction of sp³-hybridized carbons (Fsp3) is 0.354. The molecule has 56 heavy (non-hydrogen) atoms. The van der Waals surface area contributed by atoms with Crippen LogP contribution in [0.1, 0.15) is 81.1 Å². The summed E-state index contributed by atoms with van der Waals surface area (Å²) in [6, 6.07) is 41.9. The van der Waals surface area contributed by atoms with Gasteiger partial charge in [-0.3, -0.25) is 4.90 Å². The number of urea groups is 1. The number of likely N-dealkylation sites (tertiary alicyclic amines) is 1. The average Bonchev–Trinajstić information content (AvgIpc) is 3.44. The third-order valence-electron chi connectivity index (χ3n) is 11.6. The van der Waals surface area contributed by atoms with Crippen LogP contribution in [0.15, 0.2) is 127 Å². The van der Waals surface area contributed by atoms with E-state index in [1.54, 1.807) is 0 Å². The second-order valence-corrected chi connectivity index (χ2v) is 17.0. The van der Waals surface area contributed by atoms with Crippen molar-refractivity contribution in [3.63, 3.8) is 0 Å². The lowest BCUT2D eigenvalue weighted by molar-refractivity contribution is -0.253. The molecule has 2 amide bonds. The highest BCUT2D eigenvalue weighted by Gasteiger charge is 2.50. The molecule has 3 fully saturated rings. The molecule has 5 atom stereocenters. The molecule has 1 aliphatic carbocycles. The third-order valence-corrected chi connectivity index (χ3v) is 11.6. The molecule has 290 valence electrons. The van der Waals surface area contributed by atoms with E-state index in [2.05, 4.69) is 78.8 Å². The summed E-state index contributed by atoms with van der Waals surface area (Å²) in [5.41, 5.74) is 7.44. The molecule has 2 saturated heterocycles. The monoisotopic (exact) mass is 751 g/mol. The van der Waals surface area contributed by atoms with Crippen molar-refractivity contribution in [3.05, 3.63) is 150 Å². The van der Waals surface area contributed by atoms with Gasteiger partial charge in [0, 0.05) is 43.3 Å². The minimum atomic E-state index is -0.515. The lowest BCUT2D eigenvalue weighted by atomic mass is 9.65. The highest BCUT2D eigenvalue weighted by molar-refractivity contribution is 5.89. The number of para-hydroxylation sites is 1. The van der Waals surface area contributed by atoms with Gasteiger partial charge in [0.05, 0.1) is 18.8 Å². The number of aliphatic hydroxyl groups excluding tert-OH is 1. The Balaban J connectivity index is 0.932. The van der Waals surface area contributed by atoms with E-state index in [1.807, 2.05) is 84.9 Å². The lowest BCUT2D eigenvalue weighted by Crippen LogP contribution is -2.42. The Morgan fingerprint density at radius 3 is 2.25 bits per heavy atom. The Hall–Kier alpha value is -4.99. The molecular weight excluding hydrogens is 699 g/mol. The van der Waals surface area contributed by atoms with Crippen molar-refractivity contribution < 1.29 is 24.1 Å². The Morgan fingerprint density at radius 1 is 0.804 bits per heavy atom. The second-order valence-electron chi connectivity index (χ2n) is 17.0. The number of nitrogens with zero attached hydrogens (tertiary/aromatic N) is 1. The van der Waals surface area contributed by atoms with Crippen LogP contribution in [0.5, 0.6) is 11.5 Å². The van der Waals surface area contributed by atoms with Crippen molar-refractivity contribution in [1.29, 1.82) is 0 Å². The van der Waals surface area contributed by atoms with Crippen LogP contribution in [0.2, 0.25) is 0 Å². The van der Waals surface area contributed by atoms with Crippen molar-refractivity contribution in [1.82, 2.24) is 10.2 Å². The van der Waals surface area contributed by atoms with Gasteiger partial charge in [-0.2, -0.15) is 0 Å². The molecule has 3 aliphatic rings. The van der Waals surface area contributed by atoms with Gasteiger partial charge in [-0.05, 0) is 94.3 Å². The topological polar surface area (TPSA) is 92.3 Å². The number of aliphatic hydroxyl groups is 1. The number of hydrogen-bond donors (Lipinski definition) is 3. The van der Waals surface area contributed by atoms with Gasteiger partial charge in [-0.25, -0.2) is 4.79 Å². The van der Waals surface area contributed by atoms with E-state index < -0.39 is 6.29 Å². The van der Waals surface area contributed by atoms with Gasteiger partial charge >= 0.3 is 6.03 Å². The number of benzene rings is 5. The number of rotatable bonds is 11. The number of nitrogens with one attached hydrogen (secondary N) is 2. The quantitative estimate of drug-likeness (QED) is 0.124. The summed E-state index contributed by atoms with van der Waals surface area (Å²) < 4.78 is 19.4. The molecule has 2 aliphatic heterocycles. The Kier molecular flexibility index (Phi) is 11.0. The lowest BCUT2D eigenvalue weighted by Gasteiger charge is -2.41. The number of carbonyl (C=O) groups is 1. The van der Waals surface area contributed by atoms with E-state index in [0.29, 0.717) is 34.9 Å². The van der Waals surface area contributed by atoms with Gasteiger partial charge in [-0.1, -0.05) is 112 Å². The summed E-state index contributed by atoms with van der Waals surface area (Å²) >= 11 is 0. The van der Waals surface area contributed by atoms with Crippen LogP contribution in [0.4, 0.5) is 10.5 Å². The second kappa shape index (κ2) is 16.2. The minimum absolute atomic E-state index is 0.0144. The first-order chi connectivity index (χ1) is 27.1. The van der Waals surface area contributed by atoms with Crippen molar-refractivity contribution in [3.8, 4) is 22.6 Å². The smallest absolute Gasteiger partial charge is 0.319 e. The summed E-state index contributed by atoms with van der Waals surface area (Å²) in [7, 11) is 0. The number of amides is 2. The predicted octanol–water partition coefficient (Wildman–Crippen LogP) is 10.4. The molecule has 8 rings (SSSR count). The molecule has 3 N–H and O–H groups in total. The first-order valence-electron chi connectivity index (χ1n) is 19.9. The Morgan fingerprint density at radius 2 is 1.50 bits per heavy atom. The van der Waals surface area contributed by atoms with Crippen LogP contribution in [-0.2, 0) is 22.6 Å². The maximum atomic E-state index is 12.9. The zero-order valence-electron chi connectivity index (χ0n) is 32.6. The molecule has 8 heteroatoms. The van der Waals surface area contributed by atoms with Crippen LogP contribution in [0.3, 0.4) is 0 Å². The van der Waals surface area contributed by atoms with Gasteiger partial charge in [0.2, 0.25) is 0 Å². The maximum absolute atomic E-state index is 12.9. The molecule has 2 unspecified atom stereocenters. The normalized spacial score (nSPS) is 24.4. The van der Waals surface area contributed by atoms with E-state index in [0.717, 1.165) is 58.6 Å². The van der Waals surface area contributed by atoms with Crippen LogP contribution in [0.25, 0.3) is 11.1 Å². The average molecular weight is 752 g/mol. The van der Waals surface area contributed by atoms with E-state index >= 15 is 0 Å². The van der Waals surface area contributed by atoms with Crippen molar-refractivity contribution in [2.75, 3.05) is 18.4 Å². The molecule has 5 aromatic carbocycles.